The Kier molecular flexibility index (Phi) is 47.9. The molecule has 22 heteroatoms. The van der Waals surface area contributed by atoms with Crippen molar-refractivity contribution in [2.45, 2.75) is 58.3 Å². The number of hydrogen-bond acceptors (Lipinski definition) is 19. The fraction of sp³-hybridized carbons (Fsp3) is 1.00. The minimum absolute atomic E-state index is 0.0212. The van der Waals surface area contributed by atoms with E-state index in [4.69, 9.17) is 89.1 Å². The van der Waals surface area contributed by atoms with E-state index in [0.717, 1.165) is 12.5 Å². The van der Waals surface area contributed by atoms with Crippen LogP contribution in [0.25, 0.3) is 0 Å². The van der Waals surface area contributed by atoms with Gasteiger partial charge in [0.2, 0.25) is 0 Å². The van der Waals surface area contributed by atoms with Crippen LogP contribution in [0.3, 0.4) is 0 Å². The van der Waals surface area contributed by atoms with E-state index in [9.17, 15) is 0 Å². The normalized spacial score (nSPS) is 12.6. The molecule has 0 heterocycles. The molecule has 1 N–H and O–H groups in total. The molecule has 64 heavy (non-hydrogen) atoms. The Morgan fingerprint density at radius 2 is 0.391 bits per heavy atom. The summed E-state index contributed by atoms with van der Waals surface area (Å²) >= 11 is 0. The Balaban J connectivity index is 3.21. The lowest BCUT2D eigenvalue weighted by atomic mass is 10.5. The molecule has 0 unspecified atom stereocenters. The van der Waals surface area contributed by atoms with Crippen LogP contribution in [-0.2, 0) is 84.0 Å². The third kappa shape index (κ3) is 54.5. The molecule has 0 saturated heterocycles. The Morgan fingerprint density at radius 1 is 0.234 bits per heavy atom. The van der Waals surface area contributed by atoms with E-state index >= 15 is 0 Å². The van der Waals surface area contributed by atoms with E-state index in [0.29, 0.717) is 211 Å². The van der Waals surface area contributed by atoms with Crippen LogP contribution in [0.2, 0.25) is 51.9 Å². The summed E-state index contributed by atoms with van der Waals surface area (Å²) in [5.41, 5.74) is 0. The van der Waals surface area contributed by atoms with Crippen molar-refractivity contribution < 1.29 is 89.1 Å². The summed E-state index contributed by atoms with van der Waals surface area (Å²) in [7, 11) is -5.55. The molecule has 386 valence electrons. The van der Waals surface area contributed by atoms with Crippen LogP contribution in [0.5, 0.6) is 0 Å². The van der Waals surface area contributed by atoms with Crippen molar-refractivity contribution in [3.8, 4) is 0 Å². The van der Waals surface area contributed by atoms with E-state index in [1.165, 1.54) is 0 Å². The fourth-order valence-corrected chi connectivity index (χ4v) is 17.9. The highest BCUT2D eigenvalue weighted by molar-refractivity contribution is 6.87. The van der Waals surface area contributed by atoms with Crippen LogP contribution < -0.4 is 0 Å². The molecule has 0 amide bonds. The lowest BCUT2D eigenvalue weighted by molar-refractivity contribution is -0.0305. The van der Waals surface area contributed by atoms with Gasteiger partial charge in [0, 0.05) is 6.61 Å². The second kappa shape index (κ2) is 47.9. The van der Waals surface area contributed by atoms with Gasteiger partial charge in [0.1, 0.15) is 0 Å². The molecule has 0 aliphatic heterocycles. The topological polar surface area (TPSA) is 186 Å². The first-order valence-electron chi connectivity index (χ1n) is 23.2. The standard InChI is InChI=1S/C42H92O19Si3/c1-62(2,3)60-64(7,61-63(4,5)6)42-8-10-44-12-14-46-16-18-48-20-22-50-24-26-52-28-30-54-32-34-56-36-38-58-40-41-59-39-37-57-35-33-55-31-29-53-27-25-51-23-21-49-19-17-47-15-13-45-11-9-43/h43H,8-42H2,1-7H3. The van der Waals surface area contributed by atoms with E-state index in [2.05, 4.69) is 45.8 Å². The maximum absolute atomic E-state index is 8.60. The van der Waals surface area contributed by atoms with Crippen molar-refractivity contribution in [1.29, 1.82) is 0 Å². The molecule has 0 aromatic rings. The molecule has 0 atom stereocenters. The number of hydrogen-bond donors (Lipinski definition) is 1. The highest BCUT2D eigenvalue weighted by Gasteiger charge is 2.39. The van der Waals surface area contributed by atoms with Gasteiger partial charge in [-0.15, -0.1) is 0 Å². The van der Waals surface area contributed by atoms with Gasteiger partial charge in [0.15, 0.2) is 16.6 Å². The molecule has 0 aliphatic rings. The van der Waals surface area contributed by atoms with Crippen molar-refractivity contribution in [3.63, 3.8) is 0 Å². The second-order valence-corrected chi connectivity index (χ2v) is 29.0. The highest BCUT2D eigenvalue weighted by atomic mass is 28.5. The fourth-order valence-electron chi connectivity index (χ4n) is 5.38. The molecule has 0 aliphatic carbocycles. The molecule has 19 nitrogen and oxygen atoms in total. The van der Waals surface area contributed by atoms with Crippen molar-refractivity contribution in [2.24, 2.45) is 0 Å². The highest BCUT2D eigenvalue weighted by Crippen LogP contribution is 2.25. The third-order valence-electron chi connectivity index (χ3n) is 7.78. The van der Waals surface area contributed by atoms with Crippen LogP contribution in [-0.4, -0.2) is 248 Å². The number of aliphatic hydroxyl groups excluding tert-OH is 1. The van der Waals surface area contributed by atoms with E-state index in [1.54, 1.807) is 0 Å². The van der Waals surface area contributed by atoms with Gasteiger partial charge < -0.3 is 89.1 Å². The summed E-state index contributed by atoms with van der Waals surface area (Å²) in [6.45, 7) is 31.7. The predicted molar refractivity (Wildman–Crippen MR) is 250 cm³/mol. The van der Waals surface area contributed by atoms with Gasteiger partial charge in [-0.1, -0.05) is 0 Å². The van der Waals surface area contributed by atoms with Crippen molar-refractivity contribution in [3.05, 3.63) is 0 Å². The Morgan fingerprint density at radius 3 is 0.547 bits per heavy atom. The number of aliphatic hydroxyl groups is 1. The maximum atomic E-state index is 8.60. The zero-order chi connectivity index (χ0) is 47.0. The first-order valence-corrected chi connectivity index (χ1v) is 32.6. The van der Waals surface area contributed by atoms with Gasteiger partial charge in [0.25, 0.3) is 0 Å². The minimum atomic E-state index is -2.20. The molecule has 0 spiro atoms. The lowest BCUT2D eigenvalue weighted by Crippen LogP contribution is -2.52. The zero-order valence-electron chi connectivity index (χ0n) is 41.0. The Hall–Kier alpha value is -0.109. The van der Waals surface area contributed by atoms with Crippen LogP contribution >= 0.6 is 0 Å². The molecule has 0 radical (unpaired) electrons. The van der Waals surface area contributed by atoms with Crippen LogP contribution in [0.4, 0.5) is 0 Å². The summed E-state index contributed by atoms with van der Waals surface area (Å²) in [4.78, 5) is 0. The molecule has 0 saturated carbocycles. The van der Waals surface area contributed by atoms with Crippen molar-refractivity contribution in [2.75, 3.05) is 218 Å². The zero-order valence-corrected chi connectivity index (χ0v) is 44.0. The number of rotatable bonds is 55. The summed E-state index contributed by atoms with van der Waals surface area (Å²) in [5.74, 6) is 0. The minimum Gasteiger partial charge on any atom is -0.437 e. The van der Waals surface area contributed by atoms with Crippen LogP contribution in [0, 0.1) is 0 Å². The predicted octanol–water partition coefficient (Wildman–Crippen LogP) is 3.41. The molecule has 0 aromatic carbocycles. The van der Waals surface area contributed by atoms with Crippen LogP contribution in [0.15, 0.2) is 0 Å². The monoisotopic (exact) mass is 985 g/mol. The summed E-state index contributed by atoms with van der Waals surface area (Å²) < 4.78 is 101. The van der Waals surface area contributed by atoms with Gasteiger partial charge in [-0.3, -0.25) is 0 Å². The van der Waals surface area contributed by atoms with Crippen molar-refractivity contribution in [1.82, 2.24) is 0 Å². The number of ether oxygens (including phenoxy) is 16. The van der Waals surface area contributed by atoms with Gasteiger partial charge in [-0.25, -0.2) is 0 Å². The van der Waals surface area contributed by atoms with Crippen LogP contribution in [0.1, 0.15) is 6.42 Å². The third-order valence-corrected chi connectivity index (χ3v) is 17.4. The molecule has 0 rings (SSSR count). The molecule has 0 bridgehead atoms. The average Bonchev–Trinajstić information content (AvgIpc) is 3.23. The van der Waals surface area contributed by atoms with Gasteiger partial charge in [-0.05, 0) is 58.3 Å². The maximum Gasteiger partial charge on any atom is 0.314 e. The summed E-state index contributed by atoms with van der Waals surface area (Å²) in [6.07, 6.45) is 0.936. The van der Waals surface area contributed by atoms with E-state index in [-0.39, 0.29) is 6.61 Å². The molecular weight excluding hydrogens is 893 g/mol. The van der Waals surface area contributed by atoms with E-state index < -0.39 is 25.2 Å². The smallest absolute Gasteiger partial charge is 0.314 e. The van der Waals surface area contributed by atoms with Gasteiger partial charge in [0.05, 0.1) is 211 Å². The van der Waals surface area contributed by atoms with Gasteiger partial charge in [-0.2, -0.15) is 0 Å². The average molecular weight is 985 g/mol. The second-order valence-electron chi connectivity index (χ2n) is 16.2. The quantitative estimate of drug-likeness (QED) is 0.0690. The molecular formula is C42H92O19Si3. The van der Waals surface area contributed by atoms with E-state index in [1.807, 2.05) is 0 Å². The first kappa shape index (κ1) is 63.9. The SMILES string of the molecule is C[Si](C)(C)O[Si](C)(CCCOCCOCCOCCOCCOCCOCCOCCOCCOCCOCCOCCOCCOCCOCCOCCOCCO)O[Si](C)(C)C. The summed E-state index contributed by atoms with van der Waals surface area (Å²) in [5, 5.41) is 8.60. The largest absolute Gasteiger partial charge is 0.437 e. The molecule has 0 aromatic heterocycles. The molecule has 0 fully saturated rings. The lowest BCUT2D eigenvalue weighted by Gasteiger charge is -2.38. The summed E-state index contributed by atoms with van der Waals surface area (Å²) in [6, 6.07) is 0.950. The van der Waals surface area contributed by atoms with Gasteiger partial charge >= 0.3 is 8.56 Å². The van der Waals surface area contributed by atoms with Crippen molar-refractivity contribution >= 4 is 25.2 Å². The Bertz CT molecular complexity index is 908. The Labute approximate surface area is 389 Å². The first-order chi connectivity index (χ1) is 31.0.